The van der Waals surface area contributed by atoms with E-state index in [9.17, 15) is 0 Å². The van der Waals surface area contributed by atoms with Gasteiger partial charge in [-0.15, -0.1) is 11.6 Å². The minimum absolute atomic E-state index is 0.574. The van der Waals surface area contributed by atoms with E-state index in [-0.39, 0.29) is 0 Å². The van der Waals surface area contributed by atoms with E-state index >= 15 is 0 Å². The Labute approximate surface area is 128 Å². The van der Waals surface area contributed by atoms with Crippen LogP contribution in [0.25, 0.3) is 11.0 Å². The Morgan fingerprint density at radius 3 is 2.65 bits per heavy atom. The fraction of sp³-hybridized carbons (Fsp3) is 0.500. The molecule has 1 saturated heterocycles. The lowest BCUT2D eigenvalue weighted by molar-refractivity contribution is 0.287. The van der Waals surface area contributed by atoms with E-state index in [4.69, 9.17) is 28.2 Å². The maximum Gasteiger partial charge on any atom is 0.130 e. The Morgan fingerprint density at radius 2 is 1.95 bits per heavy atom. The van der Waals surface area contributed by atoms with Crippen molar-refractivity contribution in [3.8, 4) is 0 Å². The number of fused-ring (bicyclic) bond motifs is 1. The number of aromatic nitrogens is 2. The van der Waals surface area contributed by atoms with Gasteiger partial charge >= 0.3 is 0 Å². The van der Waals surface area contributed by atoms with Gasteiger partial charge in [0.05, 0.1) is 11.0 Å². The zero-order valence-electron chi connectivity index (χ0n) is 11.5. The van der Waals surface area contributed by atoms with Crippen molar-refractivity contribution in [3.63, 3.8) is 0 Å². The molecule has 0 radical (unpaired) electrons. The molecule has 0 N–H and O–H groups in total. The monoisotopic (exact) mass is 312 g/mol. The Balaban J connectivity index is 2.05. The van der Waals surface area contributed by atoms with Crippen LogP contribution in [0.4, 0.5) is 0 Å². The van der Waals surface area contributed by atoms with E-state index in [0.29, 0.717) is 5.88 Å². The van der Waals surface area contributed by atoms with Crippen LogP contribution in [0.2, 0.25) is 5.02 Å². The summed E-state index contributed by atoms with van der Waals surface area (Å²) in [4.78, 5) is 7.04. The van der Waals surface area contributed by atoms with Gasteiger partial charge in [0.15, 0.2) is 0 Å². The third-order valence-electron chi connectivity index (χ3n) is 3.74. The molecule has 0 saturated carbocycles. The summed E-state index contributed by atoms with van der Waals surface area (Å²) in [5, 5.41) is 3.08. The molecule has 0 unspecified atom stereocenters. The quantitative estimate of drug-likeness (QED) is 0.813. The number of likely N-dealkylation sites (N-methyl/N-ethyl adjacent to an activating group) is 1. The number of imidazole rings is 1. The highest BCUT2D eigenvalue weighted by Gasteiger charge is 2.20. The second kappa shape index (κ2) is 5.80. The number of alkyl halides is 1. The smallest absolute Gasteiger partial charge is 0.130 e. The van der Waals surface area contributed by atoms with Gasteiger partial charge in [-0.3, -0.25) is 0 Å². The molecule has 2 aromatic rings. The molecule has 20 heavy (non-hydrogen) atoms. The number of aryl methyl sites for hydroxylation is 1. The summed E-state index contributed by atoms with van der Waals surface area (Å²) in [6.45, 7) is 4.09. The van der Waals surface area contributed by atoms with Crippen LogP contribution < -0.4 is 5.01 Å². The highest BCUT2D eigenvalue weighted by atomic mass is 35.5. The lowest BCUT2D eigenvalue weighted by Gasteiger charge is -2.35. The zero-order valence-corrected chi connectivity index (χ0v) is 13.0. The molecule has 1 aliphatic rings. The maximum atomic E-state index is 6.15. The number of hydrogen-bond donors (Lipinski definition) is 0. The highest BCUT2D eigenvalue weighted by molar-refractivity contribution is 6.31. The van der Waals surface area contributed by atoms with Crippen molar-refractivity contribution >= 4 is 34.2 Å². The third kappa shape index (κ3) is 2.60. The largest absolute Gasteiger partial charge is 0.308 e. The summed E-state index contributed by atoms with van der Waals surface area (Å²) in [7, 11) is 2.15. The van der Waals surface area contributed by atoms with Crippen molar-refractivity contribution in [2.45, 2.75) is 6.42 Å². The molecule has 1 fully saturated rings. The molecular formula is C14H18Cl2N4. The van der Waals surface area contributed by atoms with E-state index in [2.05, 4.69) is 21.6 Å². The minimum atomic E-state index is 0.574. The van der Waals surface area contributed by atoms with Gasteiger partial charge in [0.25, 0.3) is 0 Å². The van der Waals surface area contributed by atoms with Crippen molar-refractivity contribution in [2.24, 2.45) is 0 Å². The van der Waals surface area contributed by atoms with Crippen molar-refractivity contribution in [1.82, 2.24) is 14.6 Å². The van der Waals surface area contributed by atoms with Gasteiger partial charge in [0, 0.05) is 43.5 Å². The first kappa shape index (κ1) is 14.0. The van der Waals surface area contributed by atoms with Crippen molar-refractivity contribution in [1.29, 1.82) is 0 Å². The standard InChI is InChI=1S/C14H18Cl2N4/c1-18-6-8-19(9-7-18)20-13-10-11(16)2-3-12(13)17-14(20)4-5-15/h2-3,10H,4-9H2,1H3. The molecule has 0 aliphatic carbocycles. The van der Waals surface area contributed by atoms with Crippen LogP contribution in [-0.4, -0.2) is 53.7 Å². The number of hydrogen-bond acceptors (Lipinski definition) is 3. The fourth-order valence-corrected chi connectivity index (χ4v) is 2.98. The predicted octanol–water partition coefficient (Wildman–Crippen LogP) is 2.35. The zero-order chi connectivity index (χ0) is 14.1. The average Bonchev–Trinajstić information content (AvgIpc) is 2.78. The normalized spacial score (nSPS) is 17.1. The fourth-order valence-electron chi connectivity index (χ4n) is 2.64. The highest BCUT2D eigenvalue weighted by Crippen LogP contribution is 2.22. The second-order valence-corrected chi connectivity index (χ2v) is 5.98. The number of benzene rings is 1. The molecule has 0 atom stereocenters. The van der Waals surface area contributed by atoms with Crippen molar-refractivity contribution < 1.29 is 0 Å². The summed E-state index contributed by atoms with van der Waals surface area (Å²) in [6, 6.07) is 5.84. The van der Waals surface area contributed by atoms with E-state index in [1.54, 1.807) is 0 Å². The van der Waals surface area contributed by atoms with Crippen LogP contribution >= 0.6 is 23.2 Å². The molecule has 6 heteroatoms. The first-order chi connectivity index (χ1) is 9.69. The van der Waals surface area contributed by atoms with Gasteiger partial charge in [-0.05, 0) is 25.2 Å². The van der Waals surface area contributed by atoms with E-state index in [1.165, 1.54) is 0 Å². The first-order valence-corrected chi connectivity index (χ1v) is 7.77. The number of piperazine rings is 1. The van der Waals surface area contributed by atoms with E-state index in [0.717, 1.165) is 54.5 Å². The first-order valence-electron chi connectivity index (χ1n) is 6.85. The molecule has 108 valence electrons. The van der Waals surface area contributed by atoms with Crippen LogP contribution in [0.15, 0.2) is 18.2 Å². The third-order valence-corrected chi connectivity index (χ3v) is 4.16. The summed E-state index contributed by atoms with van der Waals surface area (Å²) < 4.78 is 2.20. The molecule has 0 amide bonds. The van der Waals surface area contributed by atoms with Crippen LogP contribution in [-0.2, 0) is 6.42 Å². The molecule has 1 aliphatic heterocycles. The predicted molar refractivity (Wildman–Crippen MR) is 84.6 cm³/mol. The molecule has 3 rings (SSSR count). The number of halogens is 2. The van der Waals surface area contributed by atoms with Gasteiger partial charge < -0.3 is 9.91 Å². The molecule has 4 nitrogen and oxygen atoms in total. The van der Waals surface area contributed by atoms with Crippen LogP contribution in [0.1, 0.15) is 5.82 Å². The Kier molecular flexibility index (Phi) is 4.06. The summed E-state index contributed by atoms with van der Waals surface area (Å²) in [5.41, 5.74) is 2.05. The Bertz CT molecular complexity index is 602. The second-order valence-electron chi connectivity index (χ2n) is 5.17. The molecule has 2 heterocycles. The Morgan fingerprint density at radius 1 is 1.20 bits per heavy atom. The Hall–Kier alpha value is -0.970. The van der Waals surface area contributed by atoms with Crippen molar-refractivity contribution in [2.75, 3.05) is 44.1 Å². The maximum absolute atomic E-state index is 6.15. The average molecular weight is 313 g/mol. The SMILES string of the molecule is CN1CCN(n2c(CCCl)nc3ccc(Cl)cc32)CC1. The van der Waals surface area contributed by atoms with Crippen LogP contribution in [0.5, 0.6) is 0 Å². The van der Waals surface area contributed by atoms with Gasteiger partial charge in [-0.2, -0.15) is 0 Å². The lowest BCUT2D eigenvalue weighted by Crippen LogP contribution is -2.50. The molecule has 1 aromatic heterocycles. The number of nitrogens with zero attached hydrogens (tertiary/aromatic N) is 4. The number of rotatable bonds is 3. The van der Waals surface area contributed by atoms with E-state index < -0.39 is 0 Å². The van der Waals surface area contributed by atoms with Gasteiger partial charge in [-0.25, -0.2) is 9.66 Å². The molecule has 0 bridgehead atoms. The lowest BCUT2D eigenvalue weighted by atomic mass is 10.3. The molecule has 0 spiro atoms. The van der Waals surface area contributed by atoms with Crippen molar-refractivity contribution in [3.05, 3.63) is 29.0 Å². The van der Waals surface area contributed by atoms with Gasteiger partial charge in [-0.1, -0.05) is 11.6 Å². The summed E-state index contributed by atoms with van der Waals surface area (Å²) in [6.07, 6.45) is 0.764. The summed E-state index contributed by atoms with van der Waals surface area (Å²) in [5.74, 6) is 1.59. The van der Waals surface area contributed by atoms with Crippen LogP contribution in [0.3, 0.4) is 0 Å². The minimum Gasteiger partial charge on any atom is -0.308 e. The molecular weight excluding hydrogens is 295 g/mol. The summed E-state index contributed by atoms with van der Waals surface area (Å²) >= 11 is 12.1. The van der Waals surface area contributed by atoms with Gasteiger partial charge in [0.2, 0.25) is 0 Å². The van der Waals surface area contributed by atoms with Gasteiger partial charge in [0.1, 0.15) is 5.82 Å². The topological polar surface area (TPSA) is 24.3 Å². The van der Waals surface area contributed by atoms with Crippen LogP contribution in [0, 0.1) is 0 Å². The van der Waals surface area contributed by atoms with E-state index in [1.807, 2.05) is 18.2 Å². The molecule has 1 aromatic carbocycles.